The number of benzene rings is 1. The second-order valence-corrected chi connectivity index (χ2v) is 4.56. The van der Waals surface area contributed by atoms with Crippen molar-refractivity contribution in [2.45, 2.75) is 18.7 Å². The van der Waals surface area contributed by atoms with E-state index < -0.39 is 32.6 Å². The minimum absolute atomic E-state index is 0.0112. The molecular weight excluding hydrogens is 251 g/mol. The van der Waals surface area contributed by atoms with Crippen LogP contribution in [0.4, 0.5) is 3.89 Å². The van der Waals surface area contributed by atoms with Gasteiger partial charge in [-0.3, -0.25) is 9.59 Å². The lowest BCUT2D eigenvalue weighted by atomic mass is 10.1. The number of hydrogen-bond acceptors (Lipinski definition) is 5. The van der Waals surface area contributed by atoms with E-state index in [9.17, 15) is 21.9 Å². The zero-order valence-corrected chi connectivity index (χ0v) is 9.88. The molecule has 1 aromatic rings. The van der Waals surface area contributed by atoms with Gasteiger partial charge in [-0.15, -0.1) is 3.89 Å². The first-order chi connectivity index (χ1) is 7.71. The van der Waals surface area contributed by atoms with Crippen LogP contribution in [-0.2, 0) is 15.0 Å². The van der Waals surface area contributed by atoms with Crippen LogP contribution >= 0.6 is 0 Å². The van der Waals surface area contributed by atoms with Crippen LogP contribution in [0.1, 0.15) is 24.2 Å². The van der Waals surface area contributed by atoms with E-state index in [1.54, 1.807) is 0 Å². The first kappa shape index (κ1) is 13.3. The fourth-order valence-electron chi connectivity index (χ4n) is 1.16. The van der Waals surface area contributed by atoms with Crippen LogP contribution in [-0.4, -0.2) is 20.2 Å². The van der Waals surface area contributed by atoms with Gasteiger partial charge in [0.1, 0.15) is 4.90 Å². The molecular formula is C10H9FO5S. The Labute approximate surface area is 97.4 Å². The number of ether oxygens (including phenoxy) is 1. The van der Waals surface area contributed by atoms with Crippen LogP contribution in [0.5, 0.6) is 5.75 Å². The van der Waals surface area contributed by atoms with Crippen molar-refractivity contribution in [1.82, 2.24) is 0 Å². The summed E-state index contributed by atoms with van der Waals surface area (Å²) in [6.45, 7) is 2.25. The molecule has 0 aliphatic rings. The van der Waals surface area contributed by atoms with Gasteiger partial charge in [0.05, 0.1) is 0 Å². The summed E-state index contributed by atoms with van der Waals surface area (Å²) in [5.74, 6) is -1.65. The van der Waals surface area contributed by atoms with Gasteiger partial charge in [0.2, 0.25) is 0 Å². The molecule has 0 fully saturated rings. The number of esters is 1. The molecule has 0 N–H and O–H groups in total. The zero-order valence-electron chi connectivity index (χ0n) is 9.06. The predicted octanol–water partition coefficient (Wildman–Crippen LogP) is 1.47. The summed E-state index contributed by atoms with van der Waals surface area (Å²) >= 11 is 0. The summed E-state index contributed by atoms with van der Waals surface area (Å²) in [6.07, 6.45) is 0. The monoisotopic (exact) mass is 260 g/mol. The fourth-order valence-corrected chi connectivity index (χ4v) is 1.77. The van der Waals surface area contributed by atoms with Crippen molar-refractivity contribution in [3.8, 4) is 5.75 Å². The lowest BCUT2D eigenvalue weighted by Crippen LogP contribution is -2.07. The molecule has 5 nitrogen and oxygen atoms in total. The quantitative estimate of drug-likeness (QED) is 0.356. The summed E-state index contributed by atoms with van der Waals surface area (Å²) in [5.41, 5.74) is 0.0112. The number of carbonyl (C=O) groups is 2. The maximum Gasteiger partial charge on any atom is 0.335 e. The molecule has 0 atom stereocenters. The van der Waals surface area contributed by atoms with Crippen molar-refractivity contribution >= 4 is 22.0 Å². The highest BCUT2D eigenvalue weighted by Crippen LogP contribution is 2.27. The normalized spacial score (nSPS) is 11.0. The Bertz CT molecular complexity index is 576. The molecule has 0 aromatic heterocycles. The number of carbonyl (C=O) groups excluding carboxylic acids is 2. The smallest absolute Gasteiger partial charge is 0.335 e. The van der Waals surface area contributed by atoms with Gasteiger partial charge < -0.3 is 4.74 Å². The van der Waals surface area contributed by atoms with E-state index in [1.165, 1.54) is 13.0 Å². The van der Waals surface area contributed by atoms with E-state index in [-0.39, 0.29) is 5.56 Å². The summed E-state index contributed by atoms with van der Waals surface area (Å²) in [5, 5.41) is 0. The second kappa shape index (κ2) is 4.62. The Kier molecular flexibility index (Phi) is 3.62. The van der Waals surface area contributed by atoms with Gasteiger partial charge in [-0.2, -0.15) is 8.42 Å². The van der Waals surface area contributed by atoms with Gasteiger partial charge in [0.15, 0.2) is 11.5 Å². The number of Topliss-reactive ketones (excluding diaryl/α,β-unsaturated/α-hetero) is 1. The van der Waals surface area contributed by atoms with E-state index in [0.29, 0.717) is 0 Å². The van der Waals surface area contributed by atoms with E-state index in [2.05, 4.69) is 4.74 Å². The van der Waals surface area contributed by atoms with E-state index in [4.69, 9.17) is 0 Å². The molecule has 0 unspecified atom stereocenters. The summed E-state index contributed by atoms with van der Waals surface area (Å²) in [7, 11) is -5.06. The third kappa shape index (κ3) is 3.35. The van der Waals surface area contributed by atoms with Gasteiger partial charge in [-0.25, -0.2) is 0 Å². The van der Waals surface area contributed by atoms with Gasteiger partial charge in [0, 0.05) is 12.5 Å². The number of rotatable bonds is 3. The maximum atomic E-state index is 12.9. The molecule has 0 bridgehead atoms. The van der Waals surface area contributed by atoms with Crippen molar-refractivity contribution < 1.29 is 26.6 Å². The minimum atomic E-state index is -5.06. The molecule has 0 saturated heterocycles. The van der Waals surface area contributed by atoms with Crippen LogP contribution in [0.25, 0.3) is 0 Å². The van der Waals surface area contributed by atoms with Crippen LogP contribution < -0.4 is 4.74 Å². The number of ketones is 1. The standard InChI is InChI=1S/C10H9FO5S/c1-6(12)8-3-4-9(16-7(2)13)10(5-8)17(11,14)15/h3-5H,1-2H3. The molecule has 1 aromatic carbocycles. The Morgan fingerprint density at radius 3 is 2.24 bits per heavy atom. The molecule has 92 valence electrons. The summed E-state index contributed by atoms with van der Waals surface area (Å²) in [6, 6.07) is 3.13. The van der Waals surface area contributed by atoms with E-state index in [1.807, 2.05) is 0 Å². The highest BCUT2D eigenvalue weighted by atomic mass is 32.3. The Morgan fingerprint density at radius 1 is 1.24 bits per heavy atom. The fraction of sp³-hybridized carbons (Fsp3) is 0.200. The Hall–Kier alpha value is -1.76. The van der Waals surface area contributed by atoms with Gasteiger partial charge >= 0.3 is 16.2 Å². The molecule has 0 aliphatic heterocycles. The van der Waals surface area contributed by atoms with Crippen molar-refractivity contribution in [3.05, 3.63) is 23.8 Å². The van der Waals surface area contributed by atoms with Crippen LogP contribution in [0, 0.1) is 0 Å². The third-order valence-electron chi connectivity index (χ3n) is 1.87. The summed E-state index contributed by atoms with van der Waals surface area (Å²) in [4.78, 5) is 20.9. The van der Waals surface area contributed by atoms with E-state index >= 15 is 0 Å². The zero-order chi connectivity index (χ0) is 13.2. The van der Waals surface area contributed by atoms with Crippen LogP contribution in [0.3, 0.4) is 0 Å². The molecule has 0 spiro atoms. The summed E-state index contributed by atoms with van der Waals surface area (Å²) < 4.78 is 39.2. The van der Waals surface area contributed by atoms with Gasteiger partial charge in [-0.1, -0.05) is 0 Å². The van der Waals surface area contributed by atoms with Crippen molar-refractivity contribution in [1.29, 1.82) is 0 Å². The molecule has 17 heavy (non-hydrogen) atoms. The molecule has 1 rings (SSSR count). The first-order valence-corrected chi connectivity index (χ1v) is 5.88. The number of halogens is 1. The largest absolute Gasteiger partial charge is 0.425 e. The highest BCUT2D eigenvalue weighted by Gasteiger charge is 2.21. The Balaban J connectivity index is 3.42. The predicted molar refractivity (Wildman–Crippen MR) is 56.0 cm³/mol. The number of hydrogen-bond donors (Lipinski definition) is 0. The lowest BCUT2D eigenvalue weighted by Gasteiger charge is -2.06. The molecule has 0 saturated carbocycles. The van der Waals surface area contributed by atoms with Crippen LogP contribution in [0.15, 0.2) is 23.1 Å². The highest BCUT2D eigenvalue weighted by molar-refractivity contribution is 7.86. The van der Waals surface area contributed by atoms with Crippen molar-refractivity contribution in [3.63, 3.8) is 0 Å². The second-order valence-electron chi connectivity index (χ2n) is 3.25. The molecule has 7 heteroatoms. The lowest BCUT2D eigenvalue weighted by molar-refractivity contribution is -0.132. The van der Waals surface area contributed by atoms with Crippen LogP contribution in [0.2, 0.25) is 0 Å². The SMILES string of the molecule is CC(=O)Oc1ccc(C(C)=O)cc1S(=O)(=O)F. The molecule has 0 amide bonds. The topological polar surface area (TPSA) is 77.5 Å². The molecule has 0 heterocycles. The minimum Gasteiger partial charge on any atom is -0.425 e. The first-order valence-electron chi connectivity index (χ1n) is 4.50. The average Bonchev–Trinajstić information content (AvgIpc) is 2.15. The van der Waals surface area contributed by atoms with Gasteiger partial charge in [0.25, 0.3) is 0 Å². The molecule has 0 aliphatic carbocycles. The van der Waals surface area contributed by atoms with E-state index in [0.717, 1.165) is 19.1 Å². The average molecular weight is 260 g/mol. The van der Waals surface area contributed by atoms with Gasteiger partial charge in [-0.05, 0) is 25.1 Å². The third-order valence-corrected chi connectivity index (χ3v) is 2.71. The van der Waals surface area contributed by atoms with Crippen molar-refractivity contribution in [2.24, 2.45) is 0 Å². The molecule has 0 radical (unpaired) electrons. The maximum absolute atomic E-state index is 12.9. The Morgan fingerprint density at radius 2 is 1.82 bits per heavy atom. The van der Waals surface area contributed by atoms with Crippen molar-refractivity contribution in [2.75, 3.05) is 0 Å².